The Balaban J connectivity index is 1.66. The lowest BCUT2D eigenvalue weighted by molar-refractivity contribution is 0.637. The molecule has 0 N–H and O–H groups in total. The summed E-state index contributed by atoms with van der Waals surface area (Å²) in [6.07, 6.45) is 6.25. The first-order valence-electron chi connectivity index (χ1n) is 9.02. The van der Waals surface area contributed by atoms with Crippen LogP contribution in [0.2, 0.25) is 0 Å². The maximum absolute atomic E-state index is 12.9. The molecule has 0 spiro atoms. The molecule has 29 heavy (non-hydrogen) atoms. The van der Waals surface area contributed by atoms with E-state index in [9.17, 15) is 4.79 Å². The zero-order valence-electron chi connectivity index (χ0n) is 15.5. The number of aryl methyl sites for hydroxylation is 1. The summed E-state index contributed by atoms with van der Waals surface area (Å²) in [5, 5.41) is 4.92. The number of benzene rings is 1. The van der Waals surface area contributed by atoms with Gasteiger partial charge in [-0.25, -0.2) is 9.97 Å². The standard InChI is InChI=1S/C22H15N5O2/c1-14-10-17(16-7-3-2-4-8-16)26-21-18(14)19-20(29-21)22(28)27(13-24-19)25-12-15-6-5-9-23-11-15/h2-13H,1H3/b25-12-. The van der Waals surface area contributed by atoms with Crippen LogP contribution in [0.5, 0.6) is 0 Å². The van der Waals surface area contributed by atoms with Gasteiger partial charge in [-0.3, -0.25) is 9.78 Å². The molecule has 0 aliphatic heterocycles. The van der Waals surface area contributed by atoms with E-state index in [1.165, 1.54) is 6.33 Å². The second kappa shape index (κ2) is 6.79. The summed E-state index contributed by atoms with van der Waals surface area (Å²) in [5.74, 6) is 0. The SMILES string of the molecule is Cc1cc(-c2ccccc2)nc2oc3c(=O)n(/N=C\c4cccnc4)cnc3c12. The number of nitrogens with zero attached hydrogens (tertiary/aromatic N) is 5. The maximum atomic E-state index is 12.9. The first-order valence-corrected chi connectivity index (χ1v) is 9.02. The summed E-state index contributed by atoms with van der Waals surface area (Å²) in [5.41, 5.74) is 4.08. The van der Waals surface area contributed by atoms with Crippen molar-refractivity contribution in [3.63, 3.8) is 0 Å². The van der Waals surface area contributed by atoms with Crippen LogP contribution in [0.15, 0.2) is 81.6 Å². The molecule has 0 saturated heterocycles. The number of aromatic nitrogens is 4. The molecule has 0 aliphatic carbocycles. The minimum Gasteiger partial charge on any atom is -0.430 e. The number of fused-ring (bicyclic) bond motifs is 3. The van der Waals surface area contributed by atoms with Crippen LogP contribution in [-0.2, 0) is 0 Å². The van der Waals surface area contributed by atoms with E-state index in [2.05, 4.69) is 20.1 Å². The van der Waals surface area contributed by atoms with Crippen LogP contribution in [0.1, 0.15) is 11.1 Å². The third kappa shape index (κ3) is 2.98. The molecule has 7 heteroatoms. The number of hydrogen-bond acceptors (Lipinski definition) is 6. The van der Waals surface area contributed by atoms with Gasteiger partial charge in [-0.15, -0.1) is 0 Å². The van der Waals surface area contributed by atoms with Crippen molar-refractivity contribution in [2.24, 2.45) is 5.10 Å². The molecular formula is C22H15N5O2. The number of furan rings is 1. The largest absolute Gasteiger partial charge is 0.430 e. The van der Waals surface area contributed by atoms with E-state index >= 15 is 0 Å². The van der Waals surface area contributed by atoms with Gasteiger partial charge in [0.1, 0.15) is 11.8 Å². The van der Waals surface area contributed by atoms with Crippen LogP contribution >= 0.6 is 0 Å². The summed E-state index contributed by atoms with van der Waals surface area (Å²) in [7, 11) is 0. The molecule has 0 atom stereocenters. The molecule has 140 valence electrons. The smallest absolute Gasteiger partial charge is 0.317 e. The first kappa shape index (κ1) is 17.0. The summed E-state index contributed by atoms with van der Waals surface area (Å²) < 4.78 is 6.97. The van der Waals surface area contributed by atoms with Crippen molar-refractivity contribution in [2.75, 3.05) is 0 Å². The second-order valence-corrected chi connectivity index (χ2v) is 6.58. The fourth-order valence-electron chi connectivity index (χ4n) is 3.22. The van der Waals surface area contributed by atoms with Crippen molar-refractivity contribution in [2.45, 2.75) is 6.92 Å². The molecule has 1 aromatic carbocycles. The van der Waals surface area contributed by atoms with Crippen molar-refractivity contribution in [3.05, 3.63) is 88.7 Å². The van der Waals surface area contributed by atoms with Crippen molar-refractivity contribution in [3.8, 4) is 11.3 Å². The Kier molecular flexibility index (Phi) is 3.98. The first-order chi connectivity index (χ1) is 14.2. The Hall–Kier alpha value is -4.13. The Labute approximate surface area is 165 Å². The van der Waals surface area contributed by atoms with Gasteiger partial charge in [0.2, 0.25) is 11.3 Å². The molecule has 0 radical (unpaired) electrons. The lowest BCUT2D eigenvalue weighted by Crippen LogP contribution is -2.16. The third-order valence-corrected chi connectivity index (χ3v) is 4.62. The van der Waals surface area contributed by atoms with Gasteiger partial charge in [-0.05, 0) is 24.6 Å². The molecular weight excluding hydrogens is 366 g/mol. The van der Waals surface area contributed by atoms with Gasteiger partial charge >= 0.3 is 5.56 Å². The maximum Gasteiger partial charge on any atom is 0.317 e. The number of hydrogen-bond donors (Lipinski definition) is 0. The summed E-state index contributed by atoms with van der Waals surface area (Å²) in [6.45, 7) is 1.96. The molecule has 0 fully saturated rings. The van der Waals surface area contributed by atoms with Gasteiger partial charge in [0.05, 0.1) is 17.3 Å². The number of pyridine rings is 2. The van der Waals surface area contributed by atoms with Crippen LogP contribution in [-0.4, -0.2) is 25.8 Å². The van der Waals surface area contributed by atoms with Gasteiger partial charge < -0.3 is 4.42 Å². The molecule has 4 heterocycles. The van der Waals surface area contributed by atoms with Crippen LogP contribution in [0, 0.1) is 6.92 Å². The van der Waals surface area contributed by atoms with Gasteiger partial charge in [0.15, 0.2) is 0 Å². The van der Waals surface area contributed by atoms with E-state index in [0.29, 0.717) is 11.2 Å². The third-order valence-electron chi connectivity index (χ3n) is 4.62. The lowest BCUT2D eigenvalue weighted by atomic mass is 10.1. The Morgan fingerprint density at radius 3 is 2.79 bits per heavy atom. The van der Waals surface area contributed by atoms with E-state index in [0.717, 1.165) is 32.4 Å². The molecule has 0 unspecified atom stereocenters. The average molecular weight is 381 g/mol. The summed E-state index contributed by atoms with van der Waals surface area (Å²) in [4.78, 5) is 25.9. The van der Waals surface area contributed by atoms with Crippen molar-refractivity contribution >= 4 is 28.4 Å². The quantitative estimate of drug-likeness (QED) is 0.444. The molecule has 5 rings (SSSR count). The Bertz CT molecular complexity index is 1420. The van der Waals surface area contributed by atoms with Crippen molar-refractivity contribution in [1.82, 2.24) is 19.6 Å². The zero-order chi connectivity index (χ0) is 19.8. The van der Waals surface area contributed by atoms with Gasteiger partial charge in [0.25, 0.3) is 0 Å². The van der Waals surface area contributed by atoms with Gasteiger partial charge in [0, 0.05) is 23.5 Å². The van der Waals surface area contributed by atoms with Gasteiger partial charge in [-0.2, -0.15) is 9.78 Å². The molecule has 5 aromatic rings. The topological polar surface area (TPSA) is 86.2 Å². The number of rotatable bonds is 3. The van der Waals surface area contributed by atoms with Crippen molar-refractivity contribution in [1.29, 1.82) is 0 Å². The monoisotopic (exact) mass is 381 g/mol. The van der Waals surface area contributed by atoms with Crippen molar-refractivity contribution < 1.29 is 4.42 Å². The predicted octanol–water partition coefficient (Wildman–Crippen LogP) is 3.79. The highest BCUT2D eigenvalue weighted by Crippen LogP contribution is 2.30. The van der Waals surface area contributed by atoms with E-state index < -0.39 is 5.56 Å². The average Bonchev–Trinajstić information content (AvgIpc) is 3.15. The molecule has 0 bridgehead atoms. The fourth-order valence-corrected chi connectivity index (χ4v) is 3.22. The Morgan fingerprint density at radius 2 is 2.00 bits per heavy atom. The lowest BCUT2D eigenvalue weighted by Gasteiger charge is -2.02. The highest BCUT2D eigenvalue weighted by Gasteiger charge is 2.17. The van der Waals surface area contributed by atoms with Crippen LogP contribution < -0.4 is 5.56 Å². The summed E-state index contributed by atoms with van der Waals surface area (Å²) in [6, 6.07) is 15.4. The van der Waals surface area contributed by atoms with E-state index in [1.54, 1.807) is 24.7 Å². The van der Waals surface area contributed by atoms with Gasteiger partial charge in [-0.1, -0.05) is 36.4 Å². The zero-order valence-corrected chi connectivity index (χ0v) is 15.5. The van der Waals surface area contributed by atoms with E-state index in [4.69, 9.17) is 4.42 Å². The molecule has 4 aromatic heterocycles. The molecule has 7 nitrogen and oxygen atoms in total. The Morgan fingerprint density at radius 1 is 1.14 bits per heavy atom. The van der Waals surface area contributed by atoms with E-state index in [-0.39, 0.29) is 5.58 Å². The molecule has 0 saturated carbocycles. The highest BCUT2D eigenvalue weighted by atomic mass is 16.3. The normalized spacial score (nSPS) is 11.6. The van der Waals surface area contributed by atoms with E-state index in [1.807, 2.05) is 49.4 Å². The molecule has 0 amide bonds. The molecule has 0 aliphatic rings. The van der Waals surface area contributed by atoms with Crippen LogP contribution in [0.4, 0.5) is 0 Å². The fraction of sp³-hybridized carbons (Fsp3) is 0.0455. The second-order valence-electron chi connectivity index (χ2n) is 6.58. The summed E-state index contributed by atoms with van der Waals surface area (Å²) >= 11 is 0. The van der Waals surface area contributed by atoms with Crippen LogP contribution in [0.25, 0.3) is 33.5 Å². The van der Waals surface area contributed by atoms with Crippen LogP contribution in [0.3, 0.4) is 0 Å². The highest BCUT2D eigenvalue weighted by molar-refractivity contribution is 6.03. The minimum absolute atomic E-state index is 0.131. The predicted molar refractivity (Wildman–Crippen MR) is 111 cm³/mol. The minimum atomic E-state index is -0.395.